The fourth-order valence-corrected chi connectivity index (χ4v) is 4.92. The van der Waals surface area contributed by atoms with Crippen LogP contribution in [0.1, 0.15) is 36.1 Å². The van der Waals surface area contributed by atoms with Gasteiger partial charge in [-0.3, -0.25) is 4.79 Å². The third-order valence-electron chi connectivity index (χ3n) is 6.58. The van der Waals surface area contributed by atoms with E-state index in [1.807, 2.05) is 12.1 Å². The molecule has 3 aromatic rings. The van der Waals surface area contributed by atoms with Crippen LogP contribution in [-0.4, -0.2) is 36.8 Å². The lowest BCUT2D eigenvalue weighted by Gasteiger charge is -2.21. The molecule has 0 unspecified atom stereocenters. The number of rotatable bonds is 7. The van der Waals surface area contributed by atoms with Crippen LogP contribution in [-0.2, 0) is 28.8 Å². The molecule has 0 spiro atoms. The van der Waals surface area contributed by atoms with Gasteiger partial charge < -0.3 is 19.4 Å². The van der Waals surface area contributed by atoms with E-state index in [4.69, 9.17) is 9.47 Å². The van der Waals surface area contributed by atoms with Crippen LogP contribution in [0, 0.1) is 0 Å². The summed E-state index contributed by atoms with van der Waals surface area (Å²) < 4.78 is 13.3. The molecule has 1 N–H and O–H groups in total. The van der Waals surface area contributed by atoms with Crippen LogP contribution in [0.15, 0.2) is 54.6 Å². The Morgan fingerprint density at radius 3 is 2.72 bits per heavy atom. The molecular weight excluding hydrogens is 400 g/mol. The van der Waals surface area contributed by atoms with Crippen molar-refractivity contribution in [1.82, 2.24) is 9.88 Å². The van der Waals surface area contributed by atoms with Crippen molar-refractivity contribution in [2.45, 2.75) is 44.6 Å². The lowest BCUT2D eigenvalue weighted by Crippen LogP contribution is -2.31. The second kappa shape index (κ2) is 9.21. The minimum atomic E-state index is 0.0846. The number of ether oxygens (including phenoxy) is 2. The zero-order chi connectivity index (χ0) is 21.9. The predicted octanol–water partition coefficient (Wildman–Crippen LogP) is 4.48. The Kier molecular flexibility index (Phi) is 5.99. The summed E-state index contributed by atoms with van der Waals surface area (Å²) in [4.78, 5) is 12.6. The molecule has 166 valence electrons. The van der Waals surface area contributed by atoms with Gasteiger partial charge in [0.05, 0.1) is 18.9 Å². The molecule has 5 nitrogen and oxygen atoms in total. The number of nitrogens with zero attached hydrogens (tertiary/aromatic N) is 1. The van der Waals surface area contributed by atoms with Crippen molar-refractivity contribution in [2.75, 3.05) is 20.3 Å². The van der Waals surface area contributed by atoms with E-state index in [1.54, 1.807) is 7.11 Å². The van der Waals surface area contributed by atoms with E-state index in [2.05, 4.69) is 52.3 Å². The molecule has 1 atom stereocenters. The summed E-state index contributed by atoms with van der Waals surface area (Å²) in [6, 6.07) is 19.1. The lowest BCUT2D eigenvalue weighted by molar-refractivity contribution is -0.121. The van der Waals surface area contributed by atoms with Crippen LogP contribution >= 0.6 is 0 Å². The van der Waals surface area contributed by atoms with Gasteiger partial charge in [0.25, 0.3) is 0 Å². The highest BCUT2D eigenvalue weighted by molar-refractivity contribution is 5.77. The fraction of sp³-hybridized carbons (Fsp3) is 0.370. The molecule has 1 fully saturated rings. The normalized spacial score (nSPS) is 17.0. The van der Waals surface area contributed by atoms with E-state index in [1.165, 1.54) is 28.1 Å². The van der Waals surface area contributed by atoms with E-state index < -0.39 is 0 Å². The van der Waals surface area contributed by atoms with Gasteiger partial charge in [0.1, 0.15) is 5.75 Å². The molecule has 1 amide bonds. The quantitative estimate of drug-likeness (QED) is 0.601. The number of carbonyl (C=O) groups excluding carboxylic acids is 1. The van der Waals surface area contributed by atoms with Crippen molar-refractivity contribution < 1.29 is 14.3 Å². The first-order valence-corrected chi connectivity index (χ1v) is 11.6. The van der Waals surface area contributed by atoms with Crippen molar-refractivity contribution in [3.63, 3.8) is 0 Å². The number of hydrogen-bond acceptors (Lipinski definition) is 3. The third kappa shape index (κ3) is 4.17. The Bertz CT molecular complexity index is 1090. The van der Waals surface area contributed by atoms with Crippen molar-refractivity contribution >= 4 is 5.91 Å². The van der Waals surface area contributed by atoms with E-state index in [0.717, 1.165) is 43.7 Å². The van der Waals surface area contributed by atoms with E-state index in [9.17, 15) is 4.79 Å². The Morgan fingerprint density at radius 2 is 1.94 bits per heavy atom. The SMILES string of the molecule is COc1ccc(-n2c(CCC(=O)NC[C@H]3CCCO3)cc3c2-c2ccccc2CC3)cc1. The van der Waals surface area contributed by atoms with Crippen LogP contribution in [0.5, 0.6) is 5.75 Å². The molecule has 1 aliphatic carbocycles. The molecule has 2 heterocycles. The molecule has 32 heavy (non-hydrogen) atoms. The van der Waals surface area contributed by atoms with Gasteiger partial charge in [0.2, 0.25) is 5.91 Å². The van der Waals surface area contributed by atoms with Crippen LogP contribution in [0.4, 0.5) is 0 Å². The molecule has 2 aliphatic rings. The van der Waals surface area contributed by atoms with Crippen LogP contribution < -0.4 is 10.1 Å². The predicted molar refractivity (Wildman–Crippen MR) is 125 cm³/mol. The maximum atomic E-state index is 12.6. The highest BCUT2D eigenvalue weighted by atomic mass is 16.5. The number of carbonyl (C=O) groups is 1. The van der Waals surface area contributed by atoms with Crippen LogP contribution in [0.2, 0.25) is 0 Å². The van der Waals surface area contributed by atoms with Gasteiger partial charge in [0, 0.05) is 36.5 Å². The third-order valence-corrected chi connectivity index (χ3v) is 6.58. The molecule has 1 saturated heterocycles. The highest BCUT2D eigenvalue weighted by Gasteiger charge is 2.24. The largest absolute Gasteiger partial charge is 0.497 e. The number of aromatic nitrogens is 1. The number of methoxy groups -OCH3 is 1. The summed E-state index contributed by atoms with van der Waals surface area (Å²) in [6.07, 6.45) is 5.53. The van der Waals surface area contributed by atoms with Crippen molar-refractivity contribution in [3.05, 3.63) is 71.4 Å². The van der Waals surface area contributed by atoms with Crippen molar-refractivity contribution in [2.24, 2.45) is 0 Å². The molecule has 2 aromatic carbocycles. The first-order chi connectivity index (χ1) is 15.7. The van der Waals surface area contributed by atoms with Crippen molar-refractivity contribution in [1.29, 1.82) is 0 Å². The lowest BCUT2D eigenvalue weighted by atomic mass is 9.90. The first-order valence-electron chi connectivity index (χ1n) is 11.6. The summed E-state index contributed by atoms with van der Waals surface area (Å²) >= 11 is 0. The number of amides is 1. The number of benzene rings is 2. The smallest absolute Gasteiger partial charge is 0.220 e. The monoisotopic (exact) mass is 430 g/mol. The summed E-state index contributed by atoms with van der Waals surface area (Å²) in [7, 11) is 1.68. The topological polar surface area (TPSA) is 52.5 Å². The van der Waals surface area contributed by atoms with Gasteiger partial charge in [0.15, 0.2) is 0 Å². The molecule has 0 saturated carbocycles. The minimum Gasteiger partial charge on any atom is -0.497 e. The summed E-state index contributed by atoms with van der Waals surface area (Å²) in [5.41, 5.74) is 7.55. The Balaban J connectivity index is 1.43. The summed E-state index contributed by atoms with van der Waals surface area (Å²) in [6.45, 7) is 1.42. The Morgan fingerprint density at radius 1 is 1.12 bits per heavy atom. The number of nitrogens with one attached hydrogen (secondary N) is 1. The second-order valence-corrected chi connectivity index (χ2v) is 8.64. The fourth-order valence-electron chi connectivity index (χ4n) is 4.92. The van der Waals surface area contributed by atoms with Crippen LogP contribution in [0.3, 0.4) is 0 Å². The van der Waals surface area contributed by atoms with Crippen LogP contribution in [0.25, 0.3) is 16.9 Å². The molecule has 1 aliphatic heterocycles. The van der Waals surface area contributed by atoms with Crippen molar-refractivity contribution in [3.8, 4) is 22.7 Å². The average molecular weight is 431 g/mol. The van der Waals surface area contributed by atoms with Gasteiger partial charge in [-0.25, -0.2) is 0 Å². The average Bonchev–Trinajstić information content (AvgIpc) is 3.49. The van der Waals surface area contributed by atoms with Gasteiger partial charge in [-0.05, 0) is 73.6 Å². The molecule has 0 radical (unpaired) electrons. The molecular formula is C27H30N2O3. The summed E-state index contributed by atoms with van der Waals surface area (Å²) in [5.74, 6) is 0.923. The van der Waals surface area contributed by atoms with E-state index in [0.29, 0.717) is 19.4 Å². The van der Waals surface area contributed by atoms with Gasteiger partial charge >= 0.3 is 0 Å². The van der Waals surface area contributed by atoms with Gasteiger partial charge in [-0.1, -0.05) is 24.3 Å². The van der Waals surface area contributed by atoms with Gasteiger partial charge in [-0.2, -0.15) is 0 Å². The Hall–Kier alpha value is -3.05. The Labute approximate surface area is 189 Å². The maximum absolute atomic E-state index is 12.6. The molecule has 1 aromatic heterocycles. The minimum absolute atomic E-state index is 0.0846. The molecule has 5 rings (SSSR count). The molecule has 0 bridgehead atoms. The zero-order valence-corrected chi connectivity index (χ0v) is 18.6. The first kappa shape index (κ1) is 20.8. The molecule has 5 heteroatoms. The summed E-state index contributed by atoms with van der Waals surface area (Å²) in [5, 5.41) is 3.06. The standard InChI is InChI=1S/C27H30N2O3/c1-31-23-13-10-21(11-14-23)29-22(12-15-26(30)28-18-24-6-4-16-32-24)17-20-9-8-19-5-2-3-7-25(19)27(20)29/h2-3,5,7,10-11,13-14,17,24H,4,6,8-9,12,15-16,18H2,1H3,(H,28,30)/t24-/m1/s1. The maximum Gasteiger partial charge on any atom is 0.220 e. The zero-order valence-electron chi connectivity index (χ0n) is 18.6. The number of fused-ring (bicyclic) bond motifs is 3. The van der Waals surface area contributed by atoms with E-state index in [-0.39, 0.29) is 12.0 Å². The highest BCUT2D eigenvalue weighted by Crippen LogP contribution is 2.38. The number of aryl methyl sites for hydroxylation is 3. The number of hydrogen-bond donors (Lipinski definition) is 1. The van der Waals surface area contributed by atoms with E-state index >= 15 is 0 Å². The second-order valence-electron chi connectivity index (χ2n) is 8.64. The van der Waals surface area contributed by atoms with Gasteiger partial charge in [-0.15, -0.1) is 0 Å².